The van der Waals surface area contributed by atoms with E-state index in [-0.39, 0.29) is 0 Å². The van der Waals surface area contributed by atoms with Gasteiger partial charge in [-0.15, -0.1) is 11.3 Å². The summed E-state index contributed by atoms with van der Waals surface area (Å²) in [4.78, 5) is 1.38. The minimum Gasteiger partial charge on any atom is -0.309 e. The molecule has 1 aromatic heterocycles. The van der Waals surface area contributed by atoms with Gasteiger partial charge in [-0.25, -0.2) is 0 Å². The Morgan fingerprint density at radius 2 is 1.94 bits per heavy atom. The maximum absolute atomic E-state index is 3.60. The molecule has 0 saturated heterocycles. The van der Waals surface area contributed by atoms with Crippen LogP contribution in [-0.4, -0.2) is 6.54 Å². The Labute approximate surface area is 121 Å². The van der Waals surface area contributed by atoms with Gasteiger partial charge in [0.1, 0.15) is 0 Å². The molecule has 2 aromatic rings. The molecule has 0 saturated carbocycles. The first-order chi connectivity index (χ1) is 8.66. The van der Waals surface area contributed by atoms with Gasteiger partial charge in [0.15, 0.2) is 0 Å². The molecule has 2 unspecified atom stereocenters. The van der Waals surface area contributed by atoms with Crippen LogP contribution in [0.5, 0.6) is 0 Å². The quantitative estimate of drug-likeness (QED) is 0.819. The fourth-order valence-corrected chi connectivity index (χ4v) is 3.39. The van der Waals surface area contributed by atoms with Crippen LogP contribution in [0.1, 0.15) is 36.2 Å². The Hall–Kier alpha value is -0.640. The van der Waals surface area contributed by atoms with Crippen LogP contribution >= 0.6 is 27.3 Å². The summed E-state index contributed by atoms with van der Waals surface area (Å²) in [7, 11) is 0. The number of halogens is 1. The first kappa shape index (κ1) is 13.8. The summed E-state index contributed by atoms with van der Waals surface area (Å²) in [6.45, 7) is 5.48. The second kappa shape index (κ2) is 6.50. The summed E-state index contributed by atoms with van der Waals surface area (Å²) in [5.41, 5.74) is 1.39. The van der Waals surface area contributed by atoms with Crippen LogP contribution in [0.4, 0.5) is 0 Å². The highest BCUT2D eigenvalue weighted by atomic mass is 79.9. The summed E-state index contributed by atoms with van der Waals surface area (Å²) in [5, 5.41) is 5.73. The Bertz CT molecular complexity index is 480. The molecule has 0 aliphatic carbocycles. The summed E-state index contributed by atoms with van der Waals surface area (Å²) >= 11 is 5.30. The number of nitrogens with one attached hydrogen (secondary N) is 1. The van der Waals surface area contributed by atoms with Crippen molar-refractivity contribution < 1.29 is 0 Å². The van der Waals surface area contributed by atoms with E-state index >= 15 is 0 Å². The minimum atomic E-state index is 0.410. The normalized spacial score (nSPS) is 14.4. The average molecular weight is 324 g/mol. The maximum Gasteiger partial charge on any atom is 0.0386 e. The van der Waals surface area contributed by atoms with Crippen molar-refractivity contribution in [2.75, 3.05) is 6.54 Å². The molecule has 0 amide bonds. The zero-order chi connectivity index (χ0) is 13.0. The highest BCUT2D eigenvalue weighted by molar-refractivity contribution is 9.10. The van der Waals surface area contributed by atoms with E-state index in [1.54, 1.807) is 11.3 Å². The second-order valence-corrected chi connectivity index (χ2v) is 6.47. The van der Waals surface area contributed by atoms with E-state index in [2.05, 4.69) is 76.9 Å². The SMILES string of the molecule is CC(CNC(C)c1cc(Br)cs1)c1ccccc1. The van der Waals surface area contributed by atoms with E-state index < -0.39 is 0 Å². The Morgan fingerprint density at radius 1 is 1.22 bits per heavy atom. The third-order valence-corrected chi connectivity index (χ3v) is 4.99. The van der Waals surface area contributed by atoms with E-state index in [1.165, 1.54) is 14.9 Å². The summed E-state index contributed by atoms with van der Waals surface area (Å²) < 4.78 is 1.17. The number of hydrogen-bond acceptors (Lipinski definition) is 2. The topological polar surface area (TPSA) is 12.0 Å². The van der Waals surface area contributed by atoms with Crippen molar-refractivity contribution >= 4 is 27.3 Å². The van der Waals surface area contributed by atoms with Crippen molar-refractivity contribution in [2.24, 2.45) is 0 Å². The molecule has 0 aliphatic heterocycles. The highest BCUT2D eigenvalue weighted by Gasteiger charge is 2.10. The second-order valence-electron chi connectivity index (χ2n) is 4.61. The summed E-state index contributed by atoms with van der Waals surface area (Å²) in [6.07, 6.45) is 0. The van der Waals surface area contributed by atoms with Gasteiger partial charge in [0.25, 0.3) is 0 Å². The van der Waals surface area contributed by atoms with Gasteiger partial charge < -0.3 is 5.32 Å². The van der Waals surface area contributed by atoms with Crippen LogP contribution in [0.3, 0.4) is 0 Å². The molecule has 1 aromatic carbocycles. The lowest BCUT2D eigenvalue weighted by atomic mass is 10.0. The zero-order valence-electron chi connectivity index (χ0n) is 10.7. The van der Waals surface area contributed by atoms with E-state index in [0.717, 1.165) is 6.54 Å². The Balaban J connectivity index is 1.88. The van der Waals surface area contributed by atoms with Crippen LogP contribution in [0.25, 0.3) is 0 Å². The van der Waals surface area contributed by atoms with Gasteiger partial charge in [-0.2, -0.15) is 0 Å². The van der Waals surface area contributed by atoms with Gasteiger partial charge in [-0.05, 0) is 40.4 Å². The monoisotopic (exact) mass is 323 g/mol. The van der Waals surface area contributed by atoms with Crippen LogP contribution in [0.2, 0.25) is 0 Å². The van der Waals surface area contributed by atoms with Crippen molar-refractivity contribution in [3.8, 4) is 0 Å². The molecule has 2 atom stereocenters. The average Bonchev–Trinajstić information content (AvgIpc) is 2.83. The molecule has 18 heavy (non-hydrogen) atoms. The first-order valence-corrected chi connectivity index (χ1v) is 7.86. The summed E-state index contributed by atoms with van der Waals surface area (Å²) in [6, 6.07) is 13.3. The zero-order valence-corrected chi connectivity index (χ0v) is 13.1. The van der Waals surface area contributed by atoms with Gasteiger partial charge in [-0.1, -0.05) is 37.3 Å². The number of rotatable bonds is 5. The fourth-order valence-electron chi connectivity index (χ4n) is 1.91. The van der Waals surface area contributed by atoms with Crippen LogP contribution in [0, 0.1) is 0 Å². The molecular formula is C15H18BrNS. The molecule has 96 valence electrons. The number of benzene rings is 1. The van der Waals surface area contributed by atoms with Crippen molar-refractivity contribution in [2.45, 2.75) is 25.8 Å². The third-order valence-electron chi connectivity index (χ3n) is 3.11. The van der Waals surface area contributed by atoms with E-state index in [1.807, 2.05) is 0 Å². The smallest absolute Gasteiger partial charge is 0.0386 e. The Morgan fingerprint density at radius 3 is 2.56 bits per heavy atom. The van der Waals surface area contributed by atoms with Crippen LogP contribution in [-0.2, 0) is 0 Å². The first-order valence-electron chi connectivity index (χ1n) is 6.19. The molecule has 3 heteroatoms. The van der Waals surface area contributed by atoms with Gasteiger partial charge in [-0.3, -0.25) is 0 Å². The van der Waals surface area contributed by atoms with Crippen LogP contribution < -0.4 is 5.32 Å². The Kier molecular flexibility index (Phi) is 4.98. The summed E-state index contributed by atoms with van der Waals surface area (Å²) in [5.74, 6) is 0.539. The molecule has 0 aliphatic rings. The molecule has 1 nitrogen and oxygen atoms in total. The van der Waals surface area contributed by atoms with Gasteiger partial charge in [0.05, 0.1) is 0 Å². The lowest BCUT2D eigenvalue weighted by molar-refractivity contribution is 0.543. The van der Waals surface area contributed by atoms with Gasteiger partial charge in [0.2, 0.25) is 0 Å². The van der Waals surface area contributed by atoms with Crippen molar-refractivity contribution in [3.63, 3.8) is 0 Å². The van der Waals surface area contributed by atoms with E-state index in [4.69, 9.17) is 0 Å². The highest BCUT2D eigenvalue weighted by Crippen LogP contribution is 2.25. The van der Waals surface area contributed by atoms with E-state index in [0.29, 0.717) is 12.0 Å². The third kappa shape index (κ3) is 3.67. The largest absolute Gasteiger partial charge is 0.309 e. The molecule has 0 fully saturated rings. The van der Waals surface area contributed by atoms with E-state index in [9.17, 15) is 0 Å². The predicted molar refractivity (Wildman–Crippen MR) is 83.3 cm³/mol. The predicted octanol–water partition coefficient (Wildman–Crippen LogP) is 4.96. The lowest BCUT2D eigenvalue weighted by Gasteiger charge is -2.17. The molecule has 1 N–H and O–H groups in total. The van der Waals surface area contributed by atoms with Crippen molar-refractivity contribution in [3.05, 3.63) is 56.7 Å². The molecule has 0 spiro atoms. The van der Waals surface area contributed by atoms with Gasteiger partial charge in [0, 0.05) is 27.3 Å². The standard InChI is InChI=1S/C15H18BrNS/c1-11(13-6-4-3-5-7-13)9-17-12(2)15-8-14(16)10-18-15/h3-8,10-12,17H,9H2,1-2H3. The van der Waals surface area contributed by atoms with Crippen LogP contribution in [0.15, 0.2) is 46.3 Å². The minimum absolute atomic E-state index is 0.410. The van der Waals surface area contributed by atoms with Gasteiger partial charge >= 0.3 is 0 Å². The molecule has 1 heterocycles. The van der Waals surface area contributed by atoms with Crippen molar-refractivity contribution in [1.82, 2.24) is 5.32 Å². The number of thiophene rings is 1. The number of hydrogen-bond donors (Lipinski definition) is 1. The maximum atomic E-state index is 3.60. The fraction of sp³-hybridized carbons (Fsp3) is 0.333. The molecular weight excluding hydrogens is 306 g/mol. The molecule has 2 rings (SSSR count). The molecule has 0 radical (unpaired) electrons. The lowest BCUT2D eigenvalue weighted by Crippen LogP contribution is -2.22. The molecule has 0 bridgehead atoms. The van der Waals surface area contributed by atoms with Crippen molar-refractivity contribution in [1.29, 1.82) is 0 Å².